The topological polar surface area (TPSA) is 17.8 Å². The maximum Gasteiger partial charge on any atom is 0.0945 e. The SMILES string of the molecule is CCC1(c2cncn2C)Cc2ccccc2C1. The highest BCUT2D eigenvalue weighted by Gasteiger charge is 2.38. The zero-order valence-electron chi connectivity index (χ0n) is 10.5. The van der Waals surface area contributed by atoms with Gasteiger partial charge in [-0.3, -0.25) is 0 Å². The molecule has 0 amide bonds. The molecule has 0 spiro atoms. The van der Waals surface area contributed by atoms with Crippen molar-refractivity contribution in [2.75, 3.05) is 0 Å². The molecule has 0 radical (unpaired) electrons. The van der Waals surface area contributed by atoms with Crippen molar-refractivity contribution < 1.29 is 0 Å². The van der Waals surface area contributed by atoms with Crippen molar-refractivity contribution in [1.82, 2.24) is 9.55 Å². The van der Waals surface area contributed by atoms with E-state index in [4.69, 9.17) is 0 Å². The van der Waals surface area contributed by atoms with E-state index in [1.165, 1.54) is 23.2 Å². The van der Waals surface area contributed by atoms with Gasteiger partial charge in [0.1, 0.15) is 0 Å². The molecule has 1 aromatic heterocycles. The van der Waals surface area contributed by atoms with Crippen LogP contribution in [-0.2, 0) is 25.3 Å². The van der Waals surface area contributed by atoms with Crippen molar-refractivity contribution >= 4 is 0 Å². The van der Waals surface area contributed by atoms with E-state index in [-0.39, 0.29) is 5.41 Å². The van der Waals surface area contributed by atoms with Crippen molar-refractivity contribution in [3.8, 4) is 0 Å². The fourth-order valence-corrected chi connectivity index (χ4v) is 3.17. The Morgan fingerprint density at radius 2 is 1.88 bits per heavy atom. The van der Waals surface area contributed by atoms with Gasteiger partial charge in [-0.2, -0.15) is 0 Å². The maximum absolute atomic E-state index is 4.29. The Labute approximate surface area is 102 Å². The number of rotatable bonds is 2. The lowest BCUT2D eigenvalue weighted by molar-refractivity contribution is 0.409. The zero-order valence-corrected chi connectivity index (χ0v) is 10.5. The highest BCUT2D eigenvalue weighted by Crippen LogP contribution is 2.41. The molecule has 17 heavy (non-hydrogen) atoms. The van der Waals surface area contributed by atoms with Crippen LogP contribution in [0.2, 0.25) is 0 Å². The van der Waals surface area contributed by atoms with E-state index < -0.39 is 0 Å². The summed E-state index contributed by atoms with van der Waals surface area (Å²) in [5.74, 6) is 0. The molecule has 3 rings (SSSR count). The maximum atomic E-state index is 4.29. The lowest BCUT2D eigenvalue weighted by Crippen LogP contribution is -2.28. The Hall–Kier alpha value is -1.57. The van der Waals surface area contributed by atoms with Crippen molar-refractivity contribution in [3.05, 3.63) is 53.6 Å². The summed E-state index contributed by atoms with van der Waals surface area (Å²) in [5, 5.41) is 0. The predicted octanol–water partition coefficient (Wildman–Crippen LogP) is 2.87. The molecule has 0 saturated carbocycles. The van der Waals surface area contributed by atoms with Gasteiger partial charge in [0.05, 0.1) is 6.33 Å². The van der Waals surface area contributed by atoms with Crippen molar-refractivity contribution in [2.45, 2.75) is 31.6 Å². The highest BCUT2D eigenvalue weighted by atomic mass is 15.0. The van der Waals surface area contributed by atoms with Gasteiger partial charge in [-0.25, -0.2) is 4.98 Å². The molecule has 0 aliphatic heterocycles. The van der Waals surface area contributed by atoms with Crippen molar-refractivity contribution in [3.63, 3.8) is 0 Å². The second-order valence-electron chi connectivity index (χ2n) is 5.15. The van der Waals surface area contributed by atoms with Crippen LogP contribution in [0, 0.1) is 0 Å². The summed E-state index contributed by atoms with van der Waals surface area (Å²) < 4.78 is 2.18. The average Bonchev–Trinajstić information content (AvgIpc) is 2.92. The summed E-state index contributed by atoms with van der Waals surface area (Å²) >= 11 is 0. The third-order valence-electron chi connectivity index (χ3n) is 4.21. The van der Waals surface area contributed by atoms with Gasteiger partial charge in [-0.05, 0) is 30.4 Å². The number of aryl methyl sites for hydroxylation is 1. The smallest absolute Gasteiger partial charge is 0.0945 e. The molecule has 1 heterocycles. The first-order chi connectivity index (χ1) is 8.25. The molecule has 0 unspecified atom stereocenters. The largest absolute Gasteiger partial charge is 0.337 e. The molecule has 2 heteroatoms. The molecule has 0 N–H and O–H groups in total. The van der Waals surface area contributed by atoms with Crippen LogP contribution in [-0.4, -0.2) is 9.55 Å². The van der Waals surface area contributed by atoms with Crippen LogP contribution >= 0.6 is 0 Å². The fraction of sp³-hybridized carbons (Fsp3) is 0.400. The normalized spacial score (nSPS) is 17.1. The summed E-state index contributed by atoms with van der Waals surface area (Å²) in [5.41, 5.74) is 4.65. The zero-order chi connectivity index (χ0) is 11.9. The lowest BCUT2D eigenvalue weighted by Gasteiger charge is -2.27. The second kappa shape index (κ2) is 3.73. The minimum atomic E-state index is 0.259. The molecule has 88 valence electrons. The van der Waals surface area contributed by atoms with Crippen molar-refractivity contribution in [2.24, 2.45) is 7.05 Å². The van der Waals surface area contributed by atoms with Gasteiger partial charge in [0, 0.05) is 24.4 Å². The minimum absolute atomic E-state index is 0.259. The molecular weight excluding hydrogens is 208 g/mol. The molecule has 1 aliphatic carbocycles. The Balaban J connectivity index is 2.06. The summed E-state index contributed by atoms with van der Waals surface area (Å²) in [7, 11) is 2.10. The highest BCUT2D eigenvalue weighted by molar-refractivity contribution is 5.39. The van der Waals surface area contributed by atoms with Crippen LogP contribution in [0.3, 0.4) is 0 Å². The summed E-state index contributed by atoms with van der Waals surface area (Å²) in [6, 6.07) is 8.83. The molecular formula is C15H18N2. The predicted molar refractivity (Wildman–Crippen MR) is 69.0 cm³/mol. The van der Waals surface area contributed by atoms with Crippen LogP contribution in [0.5, 0.6) is 0 Å². The third kappa shape index (κ3) is 1.51. The first-order valence-electron chi connectivity index (χ1n) is 6.29. The monoisotopic (exact) mass is 226 g/mol. The lowest BCUT2D eigenvalue weighted by atomic mass is 9.79. The number of hydrogen-bond donors (Lipinski definition) is 0. The van der Waals surface area contributed by atoms with Gasteiger partial charge < -0.3 is 4.57 Å². The van der Waals surface area contributed by atoms with E-state index in [9.17, 15) is 0 Å². The molecule has 1 aliphatic rings. The molecule has 0 atom stereocenters. The number of fused-ring (bicyclic) bond motifs is 1. The summed E-state index contributed by atoms with van der Waals surface area (Å²) in [6.07, 6.45) is 7.42. The van der Waals surface area contributed by atoms with Crippen LogP contribution in [0.1, 0.15) is 30.2 Å². The summed E-state index contributed by atoms with van der Waals surface area (Å²) in [6.45, 7) is 2.29. The van der Waals surface area contributed by atoms with E-state index in [0.29, 0.717) is 0 Å². The first kappa shape index (κ1) is 10.6. The molecule has 1 aromatic carbocycles. The van der Waals surface area contributed by atoms with Gasteiger partial charge in [0.15, 0.2) is 0 Å². The van der Waals surface area contributed by atoms with E-state index in [1.54, 1.807) is 0 Å². The van der Waals surface area contributed by atoms with Crippen LogP contribution in [0.15, 0.2) is 36.8 Å². The number of aromatic nitrogens is 2. The Morgan fingerprint density at radius 3 is 2.35 bits per heavy atom. The van der Waals surface area contributed by atoms with Gasteiger partial charge in [-0.15, -0.1) is 0 Å². The second-order valence-corrected chi connectivity index (χ2v) is 5.15. The van der Waals surface area contributed by atoms with E-state index in [0.717, 1.165) is 12.8 Å². The number of benzene rings is 1. The number of nitrogens with zero attached hydrogens (tertiary/aromatic N) is 2. The van der Waals surface area contributed by atoms with Gasteiger partial charge in [0.25, 0.3) is 0 Å². The Morgan fingerprint density at radius 1 is 1.24 bits per heavy atom. The van der Waals surface area contributed by atoms with E-state index in [1.807, 2.05) is 12.5 Å². The van der Waals surface area contributed by atoms with E-state index in [2.05, 4.69) is 47.8 Å². The molecule has 2 aromatic rings. The fourth-order valence-electron chi connectivity index (χ4n) is 3.17. The molecule has 0 fully saturated rings. The van der Waals surface area contributed by atoms with Gasteiger partial charge in [-0.1, -0.05) is 31.2 Å². The third-order valence-corrected chi connectivity index (χ3v) is 4.21. The summed E-state index contributed by atoms with van der Waals surface area (Å²) in [4.78, 5) is 4.29. The van der Waals surface area contributed by atoms with Crippen LogP contribution in [0.4, 0.5) is 0 Å². The average molecular weight is 226 g/mol. The molecule has 2 nitrogen and oxygen atoms in total. The van der Waals surface area contributed by atoms with E-state index >= 15 is 0 Å². The first-order valence-corrected chi connectivity index (χ1v) is 6.29. The Bertz CT molecular complexity index is 514. The van der Waals surface area contributed by atoms with Gasteiger partial charge in [0.2, 0.25) is 0 Å². The number of hydrogen-bond acceptors (Lipinski definition) is 1. The van der Waals surface area contributed by atoms with Crippen LogP contribution in [0.25, 0.3) is 0 Å². The van der Waals surface area contributed by atoms with Crippen molar-refractivity contribution in [1.29, 1.82) is 0 Å². The Kier molecular flexibility index (Phi) is 2.32. The standard InChI is InChI=1S/C15H18N2/c1-3-15(14-10-16-11-17(14)2)8-12-6-4-5-7-13(12)9-15/h4-7,10-11H,3,8-9H2,1-2H3. The quantitative estimate of drug-likeness (QED) is 0.770. The number of imidazole rings is 1. The molecule has 0 bridgehead atoms. The minimum Gasteiger partial charge on any atom is -0.337 e. The van der Waals surface area contributed by atoms with Gasteiger partial charge >= 0.3 is 0 Å². The molecule has 0 saturated heterocycles. The van der Waals surface area contributed by atoms with Crippen LogP contribution < -0.4 is 0 Å².